The monoisotopic (exact) mass is 221 g/mol. The molecule has 84 valence electrons. The zero-order valence-electron chi connectivity index (χ0n) is 8.79. The summed E-state index contributed by atoms with van der Waals surface area (Å²) in [5.74, 6) is 0.975. The average Bonchev–Trinajstić information content (AvgIpc) is 2.89. The van der Waals surface area contributed by atoms with E-state index in [-0.39, 0.29) is 0 Å². The van der Waals surface area contributed by atoms with Crippen LogP contribution in [-0.2, 0) is 17.9 Å². The highest BCUT2D eigenvalue weighted by molar-refractivity contribution is 5.70. The van der Waals surface area contributed by atoms with E-state index < -0.39 is 0 Å². The van der Waals surface area contributed by atoms with Crippen molar-refractivity contribution in [2.45, 2.75) is 13.2 Å². The summed E-state index contributed by atoms with van der Waals surface area (Å²) in [6.07, 6.45) is 2.44. The Morgan fingerprint density at radius 2 is 2.44 bits per heavy atom. The number of ether oxygens (including phenoxy) is 1. The van der Waals surface area contributed by atoms with Crippen molar-refractivity contribution in [2.24, 2.45) is 0 Å². The number of methoxy groups -OCH3 is 1. The third-order valence-electron chi connectivity index (χ3n) is 1.99. The van der Waals surface area contributed by atoms with Crippen molar-refractivity contribution in [3.8, 4) is 0 Å². The maximum Gasteiger partial charge on any atom is 0.185 e. The predicted molar refractivity (Wildman–Crippen MR) is 53.9 cm³/mol. The molecule has 6 nitrogen and oxygen atoms in total. The fraction of sp³-hybridized carbons (Fsp3) is 0.300. The van der Waals surface area contributed by atoms with Crippen LogP contribution in [0.3, 0.4) is 0 Å². The molecule has 2 aromatic rings. The normalized spacial score (nSPS) is 10.6. The summed E-state index contributed by atoms with van der Waals surface area (Å²) in [4.78, 5) is 10.4. The Morgan fingerprint density at radius 3 is 3.12 bits per heavy atom. The highest BCUT2D eigenvalue weighted by Gasteiger charge is 2.04. The minimum Gasteiger partial charge on any atom is -0.456 e. The molecule has 0 aliphatic heterocycles. The van der Waals surface area contributed by atoms with Crippen molar-refractivity contribution in [3.05, 3.63) is 35.5 Å². The fourth-order valence-electron chi connectivity index (χ4n) is 1.33. The van der Waals surface area contributed by atoms with Crippen LogP contribution in [0.4, 0.5) is 0 Å². The van der Waals surface area contributed by atoms with Crippen molar-refractivity contribution in [3.63, 3.8) is 0 Å². The second-order valence-electron chi connectivity index (χ2n) is 3.26. The first kappa shape index (κ1) is 10.6. The molecule has 0 aliphatic rings. The molecule has 0 bridgehead atoms. The van der Waals surface area contributed by atoms with E-state index >= 15 is 0 Å². The van der Waals surface area contributed by atoms with Crippen LogP contribution in [0.15, 0.2) is 22.7 Å². The summed E-state index contributed by atoms with van der Waals surface area (Å²) < 4.78 is 11.8. The fourth-order valence-corrected chi connectivity index (χ4v) is 1.33. The van der Waals surface area contributed by atoms with Crippen LogP contribution in [0, 0.1) is 0 Å². The van der Waals surface area contributed by atoms with Gasteiger partial charge in [0.1, 0.15) is 18.0 Å². The van der Waals surface area contributed by atoms with Crippen LogP contribution >= 0.6 is 0 Å². The highest BCUT2D eigenvalue weighted by Crippen LogP contribution is 2.07. The zero-order valence-corrected chi connectivity index (χ0v) is 8.79. The summed E-state index contributed by atoms with van der Waals surface area (Å²) in [7, 11) is 1.60. The van der Waals surface area contributed by atoms with Crippen LogP contribution in [-0.4, -0.2) is 28.4 Å². The molecule has 0 spiro atoms. The van der Waals surface area contributed by atoms with E-state index in [1.54, 1.807) is 30.1 Å². The van der Waals surface area contributed by atoms with Gasteiger partial charge in [-0.3, -0.25) is 4.79 Å². The van der Waals surface area contributed by atoms with Gasteiger partial charge in [-0.2, -0.15) is 0 Å². The SMILES string of the molecule is COCc1cn(Cc2ccc(C=O)o2)nn1. The van der Waals surface area contributed by atoms with Gasteiger partial charge in [-0.1, -0.05) is 5.21 Å². The van der Waals surface area contributed by atoms with E-state index in [0.29, 0.717) is 31.0 Å². The number of aromatic nitrogens is 3. The van der Waals surface area contributed by atoms with Crippen molar-refractivity contribution in [1.29, 1.82) is 0 Å². The number of rotatable bonds is 5. The first-order valence-corrected chi connectivity index (χ1v) is 4.73. The number of hydrogen-bond acceptors (Lipinski definition) is 5. The maximum absolute atomic E-state index is 10.4. The molecule has 2 heterocycles. The van der Waals surface area contributed by atoms with Crippen LogP contribution in [0.25, 0.3) is 0 Å². The summed E-state index contributed by atoms with van der Waals surface area (Å²) in [6.45, 7) is 0.877. The van der Waals surface area contributed by atoms with Gasteiger partial charge in [-0.25, -0.2) is 4.68 Å². The van der Waals surface area contributed by atoms with Crippen molar-refractivity contribution < 1.29 is 13.9 Å². The second-order valence-corrected chi connectivity index (χ2v) is 3.26. The topological polar surface area (TPSA) is 70.2 Å². The molecule has 0 amide bonds. The lowest BCUT2D eigenvalue weighted by Gasteiger charge is -1.95. The van der Waals surface area contributed by atoms with Crippen LogP contribution < -0.4 is 0 Å². The Hall–Kier alpha value is -1.95. The quantitative estimate of drug-likeness (QED) is 0.701. The largest absolute Gasteiger partial charge is 0.456 e. The van der Waals surface area contributed by atoms with Gasteiger partial charge in [0.15, 0.2) is 12.0 Å². The Labute approximate surface area is 91.8 Å². The van der Waals surface area contributed by atoms with E-state index in [2.05, 4.69) is 10.3 Å². The zero-order chi connectivity index (χ0) is 11.4. The van der Waals surface area contributed by atoms with Gasteiger partial charge >= 0.3 is 0 Å². The van der Waals surface area contributed by atoms with E-state index in [1.807, 2.05) is 0 Å². The molecule has 0 aromatic carbocycles. The minimum absolute atomic E-state index is 0.312. The molecular formula is C10H11N3O3. The molecule has 0 saturated carbocycles. The van der Waals surface area contributed by atoms with Gasteiger partial charge in [0, 0.05) is 7.11 Å². The van der Waals surface area contributed by atoms with E-state index in [9.17, 15) is 4.79 Å². The number of aldehydes is 1. The molecule has 0 saturated heterocycles. The lowest BCUT2D eigenvalue weighted by molar-refractivity contribution is 0.109. The Morgan fingerprint density at radius 1 is 1.56 bits per heavy atom. The summed E-state index contributed by atoms with van der Waals surface area (Å²) in [5, 5.41) is 7.81. The number of carbonyl (C=O) groups is 1. The first-order chi connectivity index (χ1) is 7.81. The Kier molecular flexibility index (Phi) is 3.11. The van der Waals surface area contributed by atoms with Gasteiger partial charge in [0.05, 0.1) is 12.8 Å². The van der Waals surface area contributed by atoms with Crippen molar-refractivity contribution >= 4 is 6.29 Å². The van der Waals surface area contributed by atoms with Crippen LogP contribution in [0.2, 0.25) is 0 Å². The Bertz CT molecular complexity index is 475. The molecule has 0 atom stereocenters. The third-order valence-corrected chi connectivity index (χ3v) is 1.99. The first-order valence-electron chi connectivity index (χ1n) is 4.73. The molecule has 6 heteroatoms. The van der Waals surface area contributed by atoms with Gasteiger partial charge in [0.25, 0.3) is 0 Å². The molecule has 0 aliphatic carbocycles. The lowest BCUT2D eigenvalue weighted by Crippen LogP contribution is -1.98. The van der Waals surface area contributed by atoms with Crippen LogP contribution in [0.1, 0.15) is 22.0 Å². The number of furan rings is 1. The standard InChI is InChI=1S/C10H11N3O3/c1-15-7-8-4-13(12-11-8)5-9-2-3-10(6-14)16-9/h2-4,6H,5,7H2,1H3. The van der Waals surface area contributed by atoms with E-state index in [0.717, 1.165) is 5.69 Å². The van der Waals surface area contributed by atoms with Crippen molar-refractivity contribution in [1.82, 2.24) is 15.0 Å². The molecule has 16 heavy (non-hydrogen) atoms. The molecule has 2 rings (SSSR count). The van der Waals surface area contributed by atoms with E-state index in [4.69, 9.17) is 9.15 Å². The van der Waals surface area contributed by atoms with Gasteiger partial charge < -0.3 is 9.15 Å². The molecule has 0 unspecified atom stereocenters. The molecule has 0 radical (unpaired) electrons. The van der Waals surface area contributed by atoms with Crippen molar-refractivity contribution in [2.75, 3.05) is 7.11 Å². The van der Waals surface area contributed by atoms with E-state index in [1.165, 1.54) is 0 Å². The predicted octanol–water partition coefficient (Wildman–Crippen LogP) is 0.878. The van der Waals surface area contributed by atoms with Gasteiger partial charge in [0.2, 0.25) is 0 Å². The summed E-state index contributed by atoms with van der Waals surface area (Å²) in [5.41, 5.74) is 0.754. The van der Waals surface area contributed by atoms with Gasteiger partial charge in [-0.15, -0.1) is 5.10 Å². The highest BCUT2D eigenvalue weighted by atomic mass is 16.5. The second kappa shape index (κ2) is 4.71. The minimum atomic E-state index is 0.312. The smallest absolute Gasteiger partial charge is 0.185 e. The number of hydrogen-bond donors (Lipinski definition) is 0. The lowest BCUT2D eigenvalue weighted by atomic mass is 10.4. The number of carbonyl (C=O) groups excluding carboxylic acids is 1. The molecule has 2 aromatic heterocycles. The van der Waals surface area contributed by atoms with Gasteiger partial charge in [-0.05, 0) is 12.1 Å². The third kappa shape index (κ3) is 2.34. The molecule has 0 N–H and O–H groups in total. The average molecular weight is 221 g/mol. The number of nitrogens with zero attached hydrogens (tertiary/aromatic N) is 3. The van der Waals surface area contributed by atoms with Crippen LogP contribution in [0.5, 0.6) is 0 Å². The molecule has 0 fully saturated rings. The molecular weight excluding hydrogens is 210 g/mol. The summed E-state index contributed by atoms with van der Waals surface area (Å²) in [6, 6.07) is 3.36. The maximum atomic E-state index is 10.4. The summed E-state index contributed by atoms with van der Waals surface area (Å²) >= 11 is 0. The Balaban J connectivity index is 2.05.